The second-order valence-electron chi connectivity index (χ2n) is 7.47. The summed E-state index contributed by atoms with van der Waals surface area (Å²) in [4.78, 5) is 16.2. The molecule has 0 aromatic heterocycles. The van der Waals surface area contributed by atoms with E-state index < -0.39 is 0 Å². The lowest BCUT2D eigenvalue weighted by atomic mass is 9.96. The van der Waals surface area contributed by atoms with Crippen LogP contribution < -0.4 is 15.5 Å². The molecule has 7 nitrogen and oxygen atoms in total. The van der Waals surface area contributed by atoms with Crippen molar-refractivity contribution < 1.29 is 19.5 Å². The predicted molar refractivity (Wildman–Crippen MR) is 113 cm³/mol. The number of hydrogen-bond donors (Lipinski definition) is 4. The summed E-state index contributed by atoms with van der Waals surface area (Å²) < 4.78 is 5.38. The van der Waals surface area contributed by atoms with Gasteiger partial charge in [0.05, 0.1) is 25.4 Å². The SMILES string of the molecule is O=C(Nc1ccccc1O)C1CCN(C(=S)NCCC[NH+]2CCOCC2)CC1. The van der Waals surface area contributed by atoms with Crippen LogP contribution in [0.3, 0.4) is 0 Å². The minimum absolute atomic E-state index is 0.0338. The molecule has 1 amide bonds. The van der Waals surface area contributed by atoms with Gasteiger partial charge in [-0.05, 0) is 37.2 Å². The first-order valence-electron chi connectivity index (χ1n) is 10.2. The summed E-state index contributed by atoms with van der Waals surface area (Å²) in [6.07, 6.45) is 2.62. The van der Waals surface area contributed by atoms with Gasteiger partial charge in [-0.25, -0.2) is 0 Å². The standard InChI is InChI=1S/C20H30N4O3S/c25-18-5-2-1-4-17(18)22-19(26)16-6-10-24(11-7-16)20(28)21-8-3-9-23-12-14-27-15-13-23/h1-2,4-5,16,25H,3,6-15H2,(H,21,28)(H,22,26)/p+1. The molecule has 2 aliphatic heterocycles. The highest BCUT2D eigenvalue weighted by atomic mass is 32.1. The molecular formula is C20H31N4O3S+. The lowest BCUT2D eigenvalue weighted by Crippen LogP contribution is -3.14. The number of piperidine rings is 1. The average molecular weight is 408 g/mol. The van der Waals surface area contributed by atoms with Crippen molar-refractivity contribution in [2.75, 3.05) is 57.8 Å². The lowest BCUT2D eigenvalue weighted by molar-refractivity contribution is -0.908. The van der Waals surface area contributed by atoms with Gasteiger partial charge < -0.3 is 30.3 Å². The number of anilines is 1. The number of nitrogens with one attached hydrogen (secondary N) is 3. The molecule has 2 fully saturated rings. The molecular weight excluding hydrogens is 376 g/mol. The Morgan fingerprint density at radius 2 is 1.96 bits per heavy atom. The molecule has 154 valence electrons. The van der Waals surface area contributed by atoms with E-state index in [9.17, 15) is 9.90 Å². The van der Waals surface area contributed by atoms with Gasteiger partial charge in [0, 0.05) is 32.0 Å². The summed E-state index contributed by atoms with van der Waals surface area (Å²) in [7, 11) is 0. The summed E-state index contributed by atoms with van der Waals surface area (Å²) in [5.41, 5.74) is 0.467. The first kappa shape index (κ1) is 20.8. The van der Waals surface area contributed by atoms with Crippen molar-refractivity contribution in [2.24, 2.45) is 5.92 Å². The number of morpholine rings is 1. The Morgan fingerprint density at radius 1 is 1.25 bits per heavy atom. The topological polar surface area (TPSA) is 78.3 Å². The van der Waals surface area contributed by atoms with E-state index in [2.05, 4.69) is 15.5 Å². The molecule has 0 bridgehead atoms. The van der Waals surface area contributed by atoms with Crippen molar-refractivity contribution in [3.63, 3.8) is 0 Å². The fourth-order valence-electron chi connectivity index (χ4n) is 3.71. The Hall–Kier alpha value is -1.90. The number of carbonyl (C=O) groups is 1. The first-order valence-corrected chi connectivity index (χ1v) is 10.6. The quantitative estimate of drug-likeness (QED) is 0.307. The highest BCUT2D eigenvalue weighted by Gasteiger charge is 2.26. The van der Waals surface area contributed by atoms with Crippen molar-refractivity contribution in [1.29, 1.82) is 0 Å². The van der Waals surface area contributed by atoms with E-state index in [0.29, 0.717) is 5.69 Å². The van der Waals surface area contributed by atoms with Gasteiger partial charge in [0.2, 0.25) is 5.91 Å². The third-order valence-electron chi connectivity index (χ3n) is 5.50. The number of phenols is 1. The Kier molecular flexibility index (Phi) is 7.88. The van der Waals surface area contributed by atoms with Crippen molar-refractivity contribution in [3.8, 4) is 5.75 Å². The highest BCUT2D eigenvalue weighted by molar-refractivity contribution is 7.80. The number of amides is 1. The van der Waals surface area contributed by atoms with Crippen molar-refractivity contribution in [3.05, 3.63) is 24.3 Å². The molecule has 28 heavy (non-hydrogen) atoms. The van der Waals surface area contributed by atoms with Crippen molar-refractivity contribution in [1.82, 2.24) is 10.2 Å². The summed E-state index contributed by atoms with van der Waals surface area (Å²) in [5.74, 6) is 0.00895. The first-order chi connectivity index (χ1) is 13.6. The molecule has 0 atom stereocenters. The molecule has 0 aliphatic carbocycles. The molecule has 0 unspecified atom stereocenters. The van der Waals surface area contributed by atoms with E-state index in [0.717, 1.165) is 76.9 Å². The van der Waals surface area contributed by atoms with E-state index in [1.54, 1.807) is 29.2 Å². The maximum Gasteiger partial charge on any atom is 0.227 e. The molecule has 0 saturated carbocycles. The molecule has 0 spiro atoms. The molecule has 4 N–H and O–H groups in total. The summed E-state index contributed by atoms with van der Waals surface area (Å²) in [5, 5.41) is 16.8. The fourth-order valence-corrected chi connectivity index (χ4v) is 4.00. The minimum atomic E-state index is -0.0522. The van der Waals surface area contributed by atoms with Crippen molar-refractivity contribution in [2.45, 2.75) is 19.3 Å². The van der Waals surface area contributed by atoms with E-state index in [1.807, 2.05) is 0 Å². The van der Waals surface area contributed by atoms with Crippen LogP contribution in [0, 0.1) is 5.92 Å². The molecule has 1 aromatic carbocycles. The second-order valence-corrected chi connectivity index (χ2v) is 7.85. The second kappa shape index (κ2) is 10.6. The number of phenolic OH excluding ortho intramolecular Hbond substituents is 1. The number of aromatic hydroxyl groups is 1. The largest absolute Gasteiger partial charge is 0.506 e. The average Bonchev–Trinajstić information content (AvgIpc) is 2.73. The van der Waals surface area contributed by atoms with Gasteiger partial charge >= 0.3 is 0 Å². The zero-order chi connectivity index (χ0) is 19.8. The van der Waals surface area contributed by atoms with Gasteiger partial charge in [-0.15, -0.1) is 0 Å². The van der Waals surface area contributed by atoms with Crippen LogP contribution >= 0.6 is 12.2 Å². The van der Waals surface area contributed by atoms with Gasteiger partial charge in [0.15, 0.2) is 5.11 Å². The Bertz CT molecular complexity index is 659. The summed E-state index contributed by atoms with van der Waals surface area (Å²) >= 11 is 5.52. The normalized spacial score (nSPS) is 18.6. The number of rotatable bonds is 6. The minimum Gasteiger partial charge on any atom is -0.506 e. The maximum atomic E-state index is 12.5. The molecule has 3 rings (SSSR count). The van der Waals surface area contributed by atoms with Gasteiger partial charge in [0.1, 0.15) is 18.8 Å². The van der Waals surface area contributed by atoms with E-state index >= 15 is 0 Å². The fraction of sp³-hybridized carbons (Fsp3) is 0.600. The van der Waals surface area contributed by atoms with Crippen LogP contribution in [0.2, 0.25) is 0 Å². The molecule has 2 heterocycles. The zero-order valence-electron chi connectivity index (χ0n) is 16.3. The number of likely N-dealkylation sites (tertiary alicyclic amines) is 1. The Morgan fingerprint density at radius 3 is 2.68 bits per heavy atom. The molecule has 8 heteroatoms. The van der Waals surface area contributed by atoms with Crippen LogP contribution in [0.4, 0.5) is 5.69 Å². The molecule has 2 aliphatic rings. The van der Waals surface area contributed by atoms with E-state index in [4.69, 9.17) is 17.0 Å². The zero-order valence-corrected chi connectivity index (χ0v) is 17.1. The number of ether oxygens (including phenoxy) is 1. The van der Waals surface area contributed by atoms with Gasteiger partial charge in [-0.2, -0.15) is 0 Å². The van der Waals surface area contributed by atoms with Crippen LogP contribution in [0.25, 0.3) is 0 Å². The number of carbonyl (C=O) groups excluding carboxylic acids is 1. The van der Waals surface area contributed by atoms with Gasteiger partial charge in [-0.3, -0.25) is 4.79 Å². The number of benzene rings is 1. The number of quaternary nitrogens is 1. The number of hydrogen-bond acceptors (Lipinski definition) is 4. The Labute approximate surface area is 172 Å². The van der Waals surface area contributed by atoms with Crippen LogP contribution in [0.15, 0.2) is 24.3 Å². The summed E-state index contributed by atoms with van der Waals surface area (Å²) in [6, 6.07) is 6.81. The van der Waals surface area contributed by atoms with Gasteiger partial charge in [0.25, 0.3) is 0 Å². The maximum absolute atomic E-state index is 12.5. The van der Waals surface area contributed by atoms with Crippen molar-refractivity contribution >= 4 is 28.9 Å². The predicted octanol–water partition coefficient (Wildman–Crippen LogP) is 0.222. The summed E-state index contributed by atoms with van der Waals surface area (Å²) in [6.45, 7) is 7.52. The molecule has 2 saturated heterocycles. The molecule has 0 radical (unpaired) electrons. The molecule has 1 aromatic rings. The van der Waals surface area contributed by atoms with Gasteiger partial charge in [-0.1, -0.05) is 12.1 Å². The van der Waals surface area contributed by atoms with Crippen LogP contribution in [0.5, 0.6) is 5.75 Å². The van der Waals surface area contributed by atoms with E-state index in [1.165, 1.54) is 0 Å². The monoisotopic (exact) mass is 407 g/mol. The van der Waals surface area contributed by atoms with Crippen LogP contribution in [-0.4, -0.2) is 73.5 Å². The highest BCUT2D eigenvalue weighted by Crippen LogP contribution is 2.24. The third kappa shape index (κ3) is 6.05. The Balaban J connectivity index is 1.33. The lowest BCUT2D eigenvalue weighted by Gasteiger charge is -2.33. The number of para-hydroxylation sites is 2. The van der Waals surface area contributed by atoms with Crippen LogP contribution in [0.1, 0.15) is 19.3 Å². The number of thiocarbonyl (C=S) groups is 1. The third-order valence-corrected chi connectivity index (χ3v) is 5.90. The smallest absolute Gasteiger partial charge is 0.227 e. The number of nitrogens with zero attached hydrogens (tertiary/aromatic N) is 1. The van der Waals surface area contributed by atoms with E-state index in [-0.39, 0.29) is 17.6 Å². The van der Waals surface area contributed by atoms with Crippen LogP contribution in [-0.2, 0) is 9.53 Å².